The molecule has 0 bridgehead atoms. The number of halogens is 1. The number of nitrogen functional groups attached to an aromatic ring is 2. The summed E-state index contributed by atoms with van der Waals surface area (Å²) in [7, 11) is 0. The van der Waals surface area contributed by atoms with E-state index in [0.29, 0.717) is 17.2 Å². The lowest BCUT2D eigenvalue weighted by Gasteiger charge is -2.11. The van der Waals surface area contributed by atoms with Crippen molar-refractivity contribution >= 4 is 34.0 Å². The minimum Gasteiger partial charge on any atom is -0.398 e. The number of pyridine rings is 1. The summed E-state index contributed by atoms with van der Waals surface area (Å²) < 4.78 is 13.2. The Kier molecular flexibility index (Phi) is 4.84. The van der Waals surface area contributed by atoms with E-state index in [1.807, 2.05) is 54.6 Å². The molecule has 5 rings (SSSR count). The molecule has 5 aromatic rings. The van der Waals surface area contributed by atoms with Crippen molar-refractivity contribution in [3.05, 3.63) is 90.7 Å². The molecule has 0 radical (unpaired) electrons. The normalized spacial score (nSPS) is 10.9. The standard InChI is InChI=1S/C25H19FN6/c26-17-8-6-16(7-9-17)22-13-20(27)19-12-18(10-11-21(19)30-22)29-24-14-23(31-25(28)32-24)15-4-2-1-3-5-15/h1-14H,(H2,27,30)(H3,28,29,31,32). The van der Waals surface area contributed by atoms with E-state index in [4.69, 9.17) is 11.5 Å². The maximum Gasteiger partial charge on any atom is 0.222 e. The van der Waals surface area contributed by atoms with Crippen LogP contribution in [0.4, 0.5) is 27.5 Å². The van der Waals surface area contributed by atoms with Crippen LogP contribution in [0.15, 0.2) is 84.9 Å². The van der Waals surface area contributed by atoms with Gasteiger partial charge in [-0.15, -0.1) is 0 Å². The van der Waals surface area contributed by atoms with E-state index in [1.165, 1.54) is 12.1 Å². The fraction of sp³-hybridized carbons (Fsp3) is 0. The minimum absolute atomic E-state index is 0.180. The van der Waals surface area contributed by atoms with E-state index in [9.17, 15) is 4.39 Å². The van der Waals surface area contributed by atoms with Gasteiger partial charge in [0.1, 0.15) is 11.6 Å². The Morgan fingerprint density at radius 1 is 0.688 bits per heavy atom. The second kappa shape index (κ2) is 7.96. The smallest absolute Gasteiger partial charge is 0.222 e. The van der Waals surface area contributed by atoms with Gasteiger partial charge in [0.05, 0.1) is 16.9 Å². The third-order valence-corrected chi connectivity index (χ3v) is 5.07. The Labute approximate surface area is 183 Å². The number of hydrogen-bond donors (Lipinski definition) is 3. The van der Waals surface area contributed by atoms with Gasteiger partial charge in [-0.2, -0.15) is 4.98 Å². The number of nitrogens with one attached hydrogen (secondary N) is 1. The van der Waals surface area contributed by atoms with Gasteiger partial charge in [-0.25, -0.2) is 14.4 Å². The van der Waals surface area contributed by atoms with Crippen molar-refractivity contribution < 1.29 is 4.39 Å². The monoisotopic (exact) mass is 422 g/mol. The zero-order valence-corrected chi connectivity index (χ0v) is 17.0. The van der Waals surface area contributed by atoms with Crippen LogP contribution in [0.25, 0.3) is 33.4 Å². The second-order valence-electron chi connectivity index (χ2n) is 7.32. The van der Waals surface area contributed by atoms with E-state index < -0.39 is 0 Å². The van der Waals surface area contributed by atoms with Crippen LogP contribution in [0.1, 0.15) is 0 Å². The lowest BCUT2D eigenvalue weighted by molar-refractivity contribution is 0.628. The first-order valence-corrected chi connectivity index (χ1v) is 9.98. The second-order valence-corrected chi connectivity index (χ2v) is 7.32. The average molecular weight is 422 g/mol. The van der Waals surface area contributed by atoms with Crippen LogP contribution in [0.5, 0.6) is 0 Å². The van der Waals surface area contributed by atoms with Gasteiger partial charge in [-0.05, 0) is 48.5 Å². The van der Waals surface area contributed by atoms with E-state index in [1.54, 1.807) is 18.2 Å². The number of benzene rings is 3. The molecule has 2 aromatic heterocycles. The van der Waals surface area contributed by atoms with Gasteiger partial charge in [0.15, 0.2) is 0 Å². The van der Waals surface area contributed by atoms with Crippen molar-refractivity contribution in [1.82, 2.24) is 15.0 Å². The van der Waals surface area contributed by atoms with Gasteiger partial charge in [0, 0.05) is 34.0 Å². The van der Waals surface area contributed by atoms with Gasteiger partial charge in [-0.3, -0.25) is 0 Å². The van der Waals surface area contributed by atoms with Gasteiger partial charge < -0.3 is 16.8 Å². The number of fused-ring (bicyclic) bond motifs is 1. The molecule has 156 valence electrons. The van der Waals surface area contributed by atoms with E-state index in [0.717, 1.165) is 33.4 Å². The predicted molar refractivity (Wildman–Crippen MR) is 127 cm³/mol. The minimum atomic E-state index is -0.293. The molecule has 3 aromatic carbocycles. The molecule has 0 saturated heterocycles. The fourth-order valence-corrected chi connectivity index (χ4v) is 3.53. The van der Waals surface area contributed by atoms with Crippen molar-refractivity contribution in [2.75, 3.05) is 16.8 Å². The Morgan fingerprint density at radius 3 is 2.19 bits per heavy atom. The molecule has 0 spiro atoms. The molecular weight excluding hydrogens is 403 g/mol. The highest BCUT2D eigenvalue weighted by atomic mass is 19.1. The summed E-state index contributed by atoms with van der Waals surface area (Å²) in [6, 6.07) is 25.3. The number of aromatic nitrogens is 3. The third kappa shape index (κ3) is 3.91. The maximum atomic E-state index is 13.2. The number of anilines is 4. The summed E-state index contributed by atoms with van der Waals surface area (Å²) >= 11 is 0. The van der Waals surface area contributed by atoms with Crippen molar-refractivity contribution in [3.8, 4) is 22.5 Å². The summed E-state index contributed by atoms with van der Waals surface area (Å²) in [5.74, 6) is 0.462. The molecule has 0 unspecified atom stereocenters. The zero-order valence-electron chi connectivity index (χ0n) is 17.0. The molecule has 0 aliphatic heterocycles. The van der Waals surface area contributed by atoms with Crippen molar-refractivity contribution in [2.24, 2.45) is 0 Å². The molecule has 0 atom stereocenters. The largest absolute Gasteiger partial charge is 0.398 e. The first-order chi connectivity index (χ1) is 15.5. The van der Waals surface area contributed by atoms with Crippen molar-refractivity contribution in [3.63, 3.8) is 0 Å². The van der Waals surface area contributed by atoms with Gasteiger partial charge in [0.2, 0.25) is 5.95 Å². The van der Waals surface area contributed by atoms with Crippen LogP contribution in [0.2, 0.25) is 0 Å². The van der Waals surface area contributed by atoms with Crippen molar-refractivity contribution in [2.45, 2.75) is 0 Å². The summed E-state index contributed by atoms with van der Waals surface area (Å²) in [4.78, 5) is 13.3. The molecule has 5 N–H and O–H groups in total. The number of nitrogens with two attached hydrogens (primary N) is 2. The van der Waals surface area contributed by atoms with Crippen LogP contribution in [0.3, 0.4) is 0 Å². The summed E-state index contributed by atoms with van der Waals surface area (Å²) in [6.45, 7) is 0. The van der Waals surface area contributed by atoms with Gasteiger partial charge >= 0.3 is 0 Å². The van der Waals surface area contributed by atoms with Crippen LogP contribution < -0.4 is 16.8 Å². The molecule has 6 nitrogen and oxygen atoms in total. The molecule has 0 aliphatic carbocycles. The molecule has 7 heteroatoms. The highest BCUT2D eigenvalue weighted by Gasteiger charge is 2.09. The van der Waals surface area contributed by atoms with Crippen molar-refractivity contribution in [1.29, 1.82) is 0 Å². The first kappa shape index (κ1) is 19.4. The third-order valence-electron chi connectivity index (χ3n) is 5.07. The quantitative estimate of drug-likeness (QED) is 0.358. The van der Waals surface area contributed by atoms with E-state index in [2.05, 4.69) is 20.3 Å². The molecule has 0 saturated carbocycles. The van der Waals surface area contributed by atoms with Crippen LogP contribution in [-0.2, 0) is 0 Å². The first-order valence-electron chi connectivity index (χ1n) is 9.98. The summed E-state index contributed by atoms with van der Waals surface area (Å²) in [5, 5.41) is 4.07. The number of rotatable bonds is 4. The van der Waals surface area contributed by atoms with Gasteiger partial charge in [0.25, 0.3) is 0 Å². The Hall–Kier alpha value is -4.52. The van der Waals surface area contributed by atoms with Crippen LogP contribution >= 0.6 is 0 Å². The maximum absolute atomic E-state index is 13.2. The SMILES string of the molecule is Nc1nc(Nc2ccc3nc(-c4ccc(F)cc4)cc(N)c3c2)cc(-c2ccccc2)n1. The van der Waals surface area contributed by atoms with Crippen LogP contribution in [-0.4, -0.2) is 15.0 Å². The molecule has 0 aliphatic rings. The molecule has 0 amide bonds. The zero-order chi connectivity index (χ0) is 22.1. The molecular formula is C25H19FN6. The fourth-order valence-electron chi connectivity index (χ4n) is 3.53. The lowest BCUT2D eigenvalue weighted by atomic mass is 10.1. The van der Waals surface area contributed by atoms with Crippen LogP contribution in [0, 0.1) is 5.82 Å². The Balaban J connectivity index is 1.48. The Bertz CT molecular complexity index is 1420. The topological polar surface area (TPSA) is 103 Å². The summed E-state index contributed by atoms with van der Waals surface area (Å²) in [6.07, 6.45) is 0. The highest BCUT2D eigenvalue weighted by molar-refractivity contribution is 5.95. The predicted octanol–water partition coefficient (Wildman–Crippen LogP) is 5.41. The highest BCUT2D eigenvalue weighted by Crippen LogP contribution is 2.30. The summed E-state index contributed by atoms with van der Waals surface area (Å²) in [5.41, 5.74) is 17.5. The van der Waals surface area contributed by atoms with Gasteiger partial charge in [-0.1, -0.05) is 30.3 Å². The lowest BCUT2D eigenvalue weighted by Crippen LogP contribution is -2.02. The average Bonchev–Trinajstić information content (AvgIpc) is 2.80. The molecule has 0 fully saturated rings. The van der Waals surface area contributed by atoms with E-state index in [-0.39, 0.29) is 11.8 Å². The Morgan fingerprint density at radius 2 is 1.41 bits per heavy atom. The van der Waals surface area contributed by atoms with E-state index >= 15 is 0 Å². The number of hydrogen-bond acceptors (Lipinski definition) is 6. The molecule has 32 heavy (non-hydrogen) atoms. The number of nitrogens with zero attached hydrogens (tertiary/aromatic N) is 3. The molecule has 2 heterocycles.